The first-order chi connectivity index (χ1) is 32.1. The molecular weight excluding hydrogens is 913 g/mol. The lowest BCUT2D eigenvalue weighted by Gasteiger charge is -2.34. The molecule has 0 saturated carbocycles. The molecule has 6 amide bonds. The number of carboxylic acid groups (broad SMARTS) is 1. The molecule has 0 heterocycles. The second-order valence-electron chi connectivity index (χ2n) is 15.4. The van der Waals surface area contributed by atoms with Crippen molar-refractivity contribution >= 4 is 77.9 Å². The number of azide groups is 1. The fourth-order valence-corrected chi connectivity index (χ4v) is 6.80. The lowest BCUT2D eigenvalue weighted by Crippen LogP contribution is -2.60. The molecule has 0 saturated heterocycles. The molecule has 0 aromatic heterocycles. The first-order valence-electron chi connectivity index (χ1n) is 21.7. The summed E-state index contributed by atoms with van der Waals surface area (Å²) < 4.78 is 0. The summed E-state index contributed by atoms with van der Waals surface area (Å²) in [5.74, 6) is -7.50. The molecule has 0 aromatic rings. The Hall–Kier alpha value is -7.17. The van der Waals surface area contributed by atoms with E-state index < -0.39 is 77.7 Å². The molecule has 0 aromatic carbocycles. The lowest BCUT2D eigenvalue weighted by atomic mass is 10.0. The first-order valence-corrected chi connectivity index (χ1v) is 22.3. The van der Waals surface area contributed by atoms with Crippen molar-refractivity contribution in [2.75, 3.05) is 52.6 Å². The summed E-state index contributed by atoms with van der Waals surface area (Å²) in [6.45, 7) is 1.94. The van der Waals surface area contributed by atoms with Crippen LogP contribution in [0.5, 0.6) is 0 Å². The number of carboxylic acids is 1. The van der Waals surface area contributed by atoms with Crippen molar-refractivity contribution < 1.29 is 38.7 Å². The molecule has 384 valence electrons. The van der Waals surface area contributed by atoms with E-state index in [1.165, 1.54) is 21.0 Å². The minimum Gasteiger partial charge on any atom is -0.480 e. The van der Waals surface area contributed by atoms with Crippen LogP contribution >= 0.6 is 12.6 Å². The lowest BCUT2D eigenvalue weighted by molar-refractivity contribution is -0.145. The van der Waals surface area contributed by atoms with Gasteiger partial charge in [-0.2, -0.15) is 17.5 Å². The van der Waals surface area contributed by atoms with Crippen LogP contribution in [0.1, 0.15) is 77.6 Å². The Morgan fingerprint density at radius 3 is 1.32 bits per heavy atom. The molecule has 0 rings (SSSR count). The largest absolute Gasteiger partial charge is 0.480 e. The van der Waals surface area contributed by atoms with Gasteiger partial charge in [0.1, 0.15) is 36.3 Å². The second-order valence-corrected chi connectivity index (χ2v) is 15.8. The topological polar surface area (TPSA) is 503 Å². The van der Waals surface area contributed by atoms with E-state index in [-0.39, 0.29) is 120 Å². The van der Waals surface area contributed by atoms with Gasteiger partial charge < -0.3 is 80.4 Å². The van der Waals surface area contributed by atoms with Gasteiger partial charge in [0.05, 0.1) is 6.54 Å². The number of thiol groups is 1. The summed E-state index contributed by atoms with van der Waals surface area (Å²) in [6, 6.07) is -7.85. The van der Waals surface area contributed by atoms with Crippen molar-refractivity contribution in [2.45, 2.75) is 114 Å². The van der Waals surface area contributed by atoms with E-state index in [0.717, 1.165) is 9.80 Å². The number of guanidine groups is 4. The molecule has 0 radical (unpaired) electrons. The molecular formula is C37H72N22O8S. The number of hydrogen-bond acceptors (Lipinski definition) is 13. The molecule has 0 aliphatic heterocycles. The number of nitrogens with zero attached hydrogens (tertiary/aromatic N) is 5. The van der Waals surface area contributed by atoms with E-state index in [1.54, 1.807) is 0 Å². The maximum atomic E-state index is 14.6. The van der Waals surface area contributed by atoms with Crippen molar-refractivity contribution in [1.29, 1.82) is 21.6 Å². The second kappa shape index (κ2) is 34.2. The zero-order chi connectivity index (χ0) is 51.8. The van der Waals surface area contributed by atoms with Crippen LogP contribution in [0.3, 0.4) is 0 Å². The minimum atomic E-state index is -1.42. The van der Waals surface area contributed by atoms with E-state index in [0.29, 0.717) is 12.8 Å². The quantitative estimate of drug-likeness (QED) is 0.00417. The highest BCUT2D eigenvalue weighted by Gasteiger charge is 2.37. The Bertz CT molecular complexity index is 1770. The van der Waals surface area contributed by atoms with Crippen LogP contribution in [0.4, 0.5) is 0 Å². The fraction of sp³-hybridized carbons (Fsp3) is 0.703. The number of aliphatic carboxylic acids is 1. The normalized spacial score (nSPS) is 13.1. The maximum Gasteiger partial charge on any atom is 0.327 e. The fourth-order valence-electron chi connectivity index (χ4n) is 6.55. The van der Waals surface area contributed by atoms with Gasteiger partial charge in [-0.25, -0.2) is 4.79 Å². The number of nitrogens with two attached hydrogens (primary N) is 4. The van der Waals surface area contributed by atoms with Crippen molar-refractivity contribution in [2.24, 2.45) is 28.2 Å². The highest BCUT2D eigenvalue weighted by atomic mass is 32.1. The monoisotopic (exact) mass is 985 g/mol. The summed E-state index contributed by atoms with van der Waals surface area (Å²) in [6.07, 6.45) is 1.43. The molecule has 22 N–H and O–H groups in total. The minimum absolute atomic E-state index is 0.0185. The molecule has 0 fully saturated rings. The number of amides is 6. The maximum absolute atomic E-state index is 14.6. The molecule has 0 bridgehead atoms. The summed E-state index contributed by atoms with van der Waals surface area (Å²) >= 11 is 3.99. The van der Waals surface area contributed by atoms with Crippen molar-refractivity contribution in [3.8, 4) is 0 Å². The van der Waals surface area contributed by atoms with E-state index in [1.807, 2.05) is 0 Å². The third-order valence-corrected chi connectivity index (χ3v) is 10.4. The third-order valence-electron chi connectivity index (χ3n) is 10.0. The summed E-state index contributed by atoms with van der Waals surface area (Å²) in [7, 11) is 2.65. The highest BCUT2D eigenvalue weighted by Crippen LogP contribution is 2.15. The van der Waals surface area contributed by atoms with Crippen LogP contribution in [0.25, 0.3) is 10.4 Å². The summed E-state index contributed by atoms with van der Waals surface area (Å²) in [5.41, 5.74) is 32.8. The van der Waals surface area contributed by atoms with E-state index in [9.17, 15) is 38.7 Å². The van der Waals surface area contributed by atoms with Gasteiger partial charge in [0.2, 0.25) is 35.4 Å². The Balaban J connectivity index is 7.06. The van der Waals surface area contributed by atoms with Crippen LogP contribution in [0.15, 0.2) is 5.22 Å². The van der Waals surface area contributed by atoms with Gasteiger partial charge in [-0.05, 0) is 75.9 Å². The Labute approximate surface area is 400 Å². The zero-order valence-electron chi connectivity index (χ0n) is 38.8. The predicted molar refractivity (Wildman–Crippen MR) is 256 cm³/mol. The van der Waals surface area contributed by atoms with Crippen molar-refractivity contribution in [1.82, 2.24) is 57.8 Å². The predicted octanol–water partition coefficient (Wildman–Crippen LogP) is -4.35. The SMILES string of the molecule is CC(=O)N[C@@H](CCCCNN=[N+]=[N-])C(=O)N(C)[C@@H](CCCNC(=N)N)C(=O)N[C@@H](CCCNC(=N)N)C(=O)N(C)[C@@H](CCCNC(=N)N)C(=O)N[C@@H](CCCNC(=N)N)C(=O)N[C@H](CS)C(=O)O. The van der Waals surface area contributed by atoms with Crippen molar-refractivity contribution in [3.63, 3.8) is 0 Å². The van der Waals surface area contributed by atoms with Gasteiger partial charge in [0.25, 0.3) is 0 Å². The summed E-state index contributed by atoms with van der Waals surface area (Å²) in [5, 5.41) is 63.6. The molecule has 68 heavy (non-hydrogen) atoms. The van der Waals surface area contributed by atoms with Crippen LogP contribution < -0.4 is 70.9 Å². The molecule has 0 aliphatic carbocycles. The van der Waals surface area contributed by atoms with Gasteiger partial charge in [-0.3, -0.25) is 55.8 Å². The van der Waals surface area contributed by atoms with Crippen LogP contribution in [-0.2, 0) is 33.6 Å². The van der Waals surface area contributed by atoms with Crippen LogP contribution in [-0.4, -0.2) is 169 Å². The molecule has 0 spiro atoms. The number of likely N-dealkylation sites (N-methyl/N-ethyl adjacent to an activating group) is 2. The number of carbonyl (C=O) groups excluding carboxylic acids is 6. The zero-order valence-corrected chi connectivity index (χ0v) is 39.7. The number of hydrogen-bond donors (Lipinski definition) is 19. The summed E-state index contributed by atoms with van der Waals surface area (Å²) in [4.78, 5) is 99.6. The number of rotatable bonds is 35. The Morgan fingerprint density at radius 2 is 0.941 bits per heavy atom. The van der Waals surface area contributed by atoms with Gasteiger partial charge in [0, 0.05) is 53.0 Å². The molecule has 0 unspecified atom stereocenters. The van der Waals surface area contributed by atoms with Gasteiger partial charge in [-0.15, -0.1) is 5.53 Å². The van der Waals surface area contributed by atoms with E-state index in [4.69, 9.17) is 50.1 Å². The molecule has 30 nitrogen and oxygen atoms in total. The van der Waals surface area contributed by atoms with Crippen LogP contribution in [0, 0.1) is 21.6 Å². The molecule has 31 heteroatoms. The van der Waals surface area contributed by atoms with E-state index >= 15 is 0 Å². The smallest absolute Gasteiger partial charge is 0.327 e. The van der Waals surface area contributed by atoms with E-state index in [2.05, 4.69) is 70.7 Å². The third kappa shape index (κ3) is 26.1. The Morgan fingerprint density at radius 1 is 0.574 bits per heavy atom. The average Bonchev–Trinajstić information content (AvgIpc) is 3.26. The van der Waals surface area contributed by atoms with Gasteiger partial charge >= 0.3 is 5.97 Å². The standard InChI is InChI=1S/C37H72N22O8S/c1-21(60)52-23(10-4-5-19-51-57-56-46)31(64)58(2)27(14-9-18-50-37(44)45)30(63)54-24(12-7-16-48-35(40)41)32(65)59(3)26(13-8-17-49-36(42)43)29(62)53-22(11-6-15-47-34(38)39)28(61)55-25(20-68)33(66)67/h22-27,51,68H,4-20H2,1-3H3,(H,52,60)(H,53,62)(H,54,63)(H,55,61)(H,66,67)(H4,38,39,47)(H4,40,41,48)(H4,42,43,49)(H4,44,45,50)/t22-,23-,24-,25+,26-,27-/m0/s1. The Kier molecular flexibility index (Phi) is 30.6. The highest BCUT2D eigenvalue weighted by molar-refractivity contribution is 7.80. The average molecular weight is 985 g/mol. The van der Waals surface area contributed by atoms with Crippen LogP contribution in [0.2, 0.25) is 0 Å². The number of carbonyl (C=O) groups is 7. The number of nitrogens with one attached hydrogen (secondary N) is 13. The molecule has 0 aliphatic rings. The van der Waals surface area contributed by atoms with Gasteiger partial charge in [-0.1, -0.05) is 0 Å². The number of unbranched alkanes of at least 4 members (excludes halogenated alkanes) is 1. The van der Waals surface area contributed by atoms with Gasteiger partial charge in [0.15, 0.2) is 23.8 Å². The molecule has 6 atom stereocenters. The van der Waals surface area contributed by atoms with Crippen molar-refractivity contribution in [3.05, 3.63) is 10.4 Å². The first kappa shape index (κ1) is 60.8.